The molecule has 1 atom stereocenters. The molecule has 0 saturated carbocycles. The number of carbonyl (C=O) groups is 1. The van der Waals surface area contributed by atoms with Crippen LogP contribution in [-0.4, -0.2) is 38.3 Å². The van der Waals surface area contributed by atoms with Crippen LogP contribution >= 0.6 is 0 Å². The minimum Gasteiger partial charge on any atom is -0.381 e. The predicted octanol–water partition coefficient (Wildman–Crippen LogP) is 0.966. The van der Waals surface area contributed by atoms with Gasteiger partial charge < -0.3 is 10.8 Å². The number of hydrogen-bond donors (Lipinski definition) is 2. The van der Waals surface area contributed by atoms with Gasteiger partial charge in [-0.25, -0.2) is 8.42 Å². The van der Waals surface area contributed by atoms with Gasteiger partial charge >= 0.3 is 0 Å². The largest absolute Gasteiger partial charge is 0.381 e. The average Bonchev–Trinajstić information content (AvgIpc) is 2.52. The van der Waals surface area contributed by atoms with E-state index >= 15 is 0 Å². The zero-order chi connectivity index (χ0) is 17.0. The van der Waals surface area contributed by atoms with Gasteiger partial charge in [0, 0.05) is 0 Å². The highest BCUT2D eigenvalue weighted by atomic mass is 32.2. The molecule has 0 unspecified atom stereocenters. The van der Waals surface area contributed by atoms with Gasteiger partial charge in [0.2, 0.25) is 15.9 Å². The van der Waals surface area contributed by atoms with Crippen LogP contribution in [0.2, 0.25) is 0 Å². The lowest BCUT2D eigenvalue weighted by atomic mass is 10.1. The van der Waals surface area contributed by atoms with E-state index in [0.29, 0.717) is 5.69 Å². The number of anilines is 1. The van der Waals surface area contributed by atoms with E-state index in [1.54, 1.807) is 24.3 Å². The van der Waals surface area contributed by atoms with E-state index in [0.717, 1.165) is 21.7 Å². The number of amides is 1. The van der Waals surface area contributed by atoms with Gasteiger partial charge in [-0.2, -0.15) is 0 Å². The Hall–Kier alpha value is -2.38. The quantitative estimate of drug-likeness (QED) is 0.822. The molecular weight excluding hydrogens is 316 g/mol. The number of nitrogens with two attached hydrogens (primary N) is 1. The topological polar surface area (TPSA) is 101 Å². The van der Waals surface area contributed by atoms with Crippen LogP contribution in [0, 0.1) is 0 Å². The second-order valence-corrected chi connectivity index (χ2v) is 7.03. The molecule has 122 valence electrons. The normalized spacial score (nSPS) is 12.6. The molecule has 2 rings (SSSR count). The van der Waals surface area contributed by atoms with Crippen molar-refractivity contribution in [2.75, 3.05) is 17.1 Å². The van der Waals surface area contributed by atoms with Crippen molar-refractivity contribution >= 4 is 21.6 Å². The number of nitrogens with zero attached hydrogens (tertiary/aromatic N) is 1. The molecule has 0 heterocycles. The minimum atomic E-state index is -3.66. The summed E-state index contributed by atoms with van der Waals surface area (Å²) in [6.07, 6.45) is -0.565. The van der Waals surface area contributed by atoms with Crippen molar-refractivity contribution in [2.24, 2.45) is 5.73 Å². The Labute approximate surface area is 135 Å². The standard InChI is InChI=1S/C16H18N2O4S/c1-23(21,22)18(11-15(19)16(17)20)14-9-7-13(8-10-14)12-5-3-2-4-6-12/h2-10,15,19H,11H2,1H3,(H2,17,20)/t15-/m0/s1. The van der Waals surface area contributed by atoms with Crippen LogP contribution in [0.25, 0.3) is 11.1 Å². The van der Waals surface area contributed by atoms with Gasteiger partial charge in [-0.3, -0.25) is 9.10 Å². The Morgan fingerprint density at radius 2 is 1.61 bits per heavy atom. The maximum Gasteiger partial charge on any atom is 0.248 e. The molecule has 0 aromatic heterocycles. The van der Waals surface area contributed by atoms with E-state index in [2.05, 4.69) is 0 Å². The summed E-state index contributed by atoms with van der Waals surface area (Å²) < 4.78 is 24.8. The molecule has 0 aliphatic carbocycles. The van der Waals surface area contributed by atoms with Crippen LogP contribution in [0.4, 0.5) is 5.69 Å². The first kappa shape index (κ1) is 17.0. The van der Waals surface area contributed by atoms with Gasteiger partial charge in [0.25, 0.3) is 0 Å². The van der Waals surface area contributed by atoms with Gasteiger partial charge in [-0.1, -0.05) is 42.5 Å². The van der Waals surface area contributed by atoms with Gasteiger partial charge in [0.15, 0.2) is 6.10 Å². The fourth-order valence-electron chi connectivity index (χ4n) is 2.13. The monoisotopic (exact) mass is 334 g/mol. The molecule has 0 bridgehead atoms. The third kappa shape index (κ3) is 4.30. The molecule has 0 spiro atoms. The second-order valence-electron chi connectivity index (χ2n) is 5.13. The molecule has 0 saturated heterocycles. The van der Waals surface area contributed by atoms with Crippen molar-refractivity contribution in [2.45, 2.75) is 6.10 Å². The third-order valence-corrected chi connectivity index (χ3v) is 4.49. The number of primary amides is 1. The summed E-state index contributed by atoms with van der Waals surface area (Å²) in [6, 6.07) is 16.4. The molecule has 2 aromatic carbocycles. The van der Waals surface area contributed by atoms with Crippen LogP contribution < -0.4 is 10.0 Å². The summed E-state index contributed by atoms with van der Waals surface area (Å²) in [6.45, 7) is -0.418. The van der Waals surface area contributed by atoms with Crippen molar-refractivity contribution in [1.29, 1.82) is 0 Å². The first-order valence-electron chi connectivity index (χ1n) is 6.89. The maximum atomic E-state index is 11.9. The molecule has 23 heavy (non-hydrogen) atoms. The summed E-state index contributed by atoms with van der Waals surface area (Å²) in [5.74, 6) is -0.973. The van der Waals surface area contributed by atoms with Crippen molar-refractivity contribution in [3.63, 3.8) is 0 Å². The lowest BCUT2D eigenvalue weighted by Crippen LogP contribution is -2.42. The smallest absolute Gasteiger partial charge is 0.248 e. The van der Waals surface area contributed by atoms with Crippen molar-refractivity contribution in [3.05, 3.63) is 54.6 Å². The number of aliphatic hydroxyl groups is 1. The molecule has 7 heteroatoms. The van der Waals surface area contributed by atoms with Gasteiger partial charge in [0.05, 0.1) is 18.5 Å². The Kier molecular flexibility index (Phi) is 5.02. The van der Waals surface area contributed by atoms with E-state index in [4.69, 9.17) is 5.73 Å². The number of rotatable bonds is 6. The Bertz CT molecular complexity index is 773. The van der Waals surface area contributed by atoms with E-state index in [9.17, 15) is 18.3 Å². The van der Waals surface area contributed by atoms with Gasteiger partial charge in [-0.15, -0.1) is 0 Å². The zero-order valence-electron chi connectivity index (χ0n) is 12.6. The Morgan fingerprint density at radius 1 is 1.09 bits per heavy atom. The van der Waals surface area contributed by atoms with Gasteiger partial charge in [-0.05, 0) is 23.3 Å². The summed E-state index contributed by atoms with van der Waals surface area (Å²) in [7, 11) is -3.66. The number of hydrogen-bond acceptors (Lipinski definition) is 4. The van der Waals surface area contributed by atoms with Crippen LogP contribution in [0.1, 0.15) is 0 Å². The molecule has 3 N–H and O–H groups in total. The summed E-state index contributed by atoms with van der Waals surface area (Å²) >= 11 is 0. The molecule has 0 aliphatic rings. The Balaban J connectivity index is 2.31. The minimum absolute atomic E-state index is 0.354. The molecule has 0 aliphatic heterocycles. The summed E-state index contributed by atoms with van der Waals surface area (Å²) in [5, 5.41) is 9.57. The van der Waals surface area contributed by atoms with Crippen LogP contribution in [0.5, 0.6) is 0 Å². The van der Waals surface area contributed by atoms with Gasteiger partial charge in [0.1, 0.15) is 0 Å². The lowest BCUT2D eigenvalue weighted by molar-refractivity contribution is -0.125. The van der Waals surface area contributed by atoms with Crippen molar-refractivity contribution in [3.8, 4) is 11.1 Å². The molecular formula is C16H18N2O4S. The highest BCUT2D eigenvalue weighted by molar-refractivity contribution is 7.92. The predicted molar refractivity (Wildman–Crippen MR) is 89.3 cm³/mol. The van der Waals surface area contributed by atoms with Crippen LogP contribution in [-0.2, 0) is 14.8 Å². The third-order valence-electron chi connectivity index (χ3n) is 3.33. The molecule has 6 nitrogen and oxygen atoms in total. The maximum absolute atomic E-state index is 11.9. The molecule has 0 radical (unpaired) electrons. The van der Waals surface area contributed by atoms with E-state index in [1.165, 1.54) is 0 Å². The number of sulfonamides is 1. The second kappa shape index (κ2) is 6.80. The van der Waals surface area contributed by atoms with Crippen LogP contribution in [0.15, 0.2) is 54.6 Å². The lowest BCUT2D eigenvalue weighted by Gasteiger charge is -2.24. The van der Waals surface area contributed by atoms with Crippen molar-refractivity contribution < 1.29 is 18.3 Å². The molecule has 2 aromatic rings. The fourth-order valence-corrected chi connectivity index (χ4v) is 3.05. The number of benzene rings is 2. The molecule has 1 amide bonds. The fraction of sp³-hybridized carbons (Fsp3) is 0.188. The number of carbonyl (C=O) groups excluding carboxylic acids is 1. The van der Waals surface area contributed by atoms with Crippen LogP contribution in [0.3, 0.4) is 0 Å². The SMILES string of the molecule is CS(=O)(=O)N(C[C@H](O)C(N)=O)c1ccc(-c2ccccc2)cc1. The molecule has 0 fully saturated rings. The van der Waals surface area contributed by atoms with Crippen molar-refractivity contribution in [1.82, 2.24) is 0 Å². The van der Waals surface area contributed by atoms with E-state index in [1.807, 2.05) is 30.3 Å². The highest BCUT2D eigenvalue weighted by Gasteiger charge is 2.23. The Morgan fingerprint density at radius 3 is 2.09 bits per heavy atom. The van der Waals surface area contributed by atoms with E-state index in [-0.39, 0.29) is 0 Å². The average molecular weight is 334 g/mol. The first-order chi connectivity index (χ1) is 10.8. The zero-order valence-corrected chi connectivity index (χ0v) is 13.4. The van der Waals surface area contributed by atoms with E-state index < -0.39 is 28.6 Å². The highest BCUT2D eigenvalue weighted by Crippen LogP contribution is 2.24. The summed E-state index contributed by atoms with van der Waals surface area (Å²) in [4.78, 5) is 11.0. The first-order valence-corrected chi connectivity index (χ1v) is 8.74. The number of aliphatic hydroxyl groups excluding tert-OH is 1. The summed E-state index contributed by atoms with van der Waals surface area (Å²) in [5.41, 5.74) is 7.28.